The van der Waals surface area contributed by atoms with Gasteiger partial charge in [-0.2, -0.15) is 0 Å². The van der Waals surface area contributed by atoms with Crippen molar-refractivity contribution in [3.05, 3.63) is 29.8 Å². The van der Waals surface area contributed by atoms with E-state index in [1.807, 2.05) is 57.2 Å². The molecule has 1 heterocycles. The molecule has 6 nitrogen and oxygen atoms in total. The maximum absolute atomic E-state index is 12.0. The highest BCUT2D eigenvalue weighted by Crippen LogP contribution is 2.29. The third-order valence-electron chi connectivity index (χ3n) is 4.05. The molecule has 6 heteroatoms. The Labute approximate surface area is 137 Å². The maximum Gasteiger partial charge on any atom is 0.225 e. The van der Waals surface area contributed by atoms with Gasteiger partial charge in [0.1, 0.15) is 0 Å². The average molecular weight is 316 g/mol. The van der Waals surface area contributed by atoms with E-state index in [1.165, 1.54) is 0 Å². The van der Waals surface area contributed by atoms with E-state index in [1.54, 1.807) is 5.06 Å². The number of rotatable bonds is 5. The van der Waals surface area contributed by atoms with Crippen LogP contribution in [0.25, 0.3) is 0 Å². The minimum atomic E-state index is -0.844. The molecule has 0 saturated heterocycles. The Morgan fingerprint density at radius 3 is 2.61 bits per heavy atom. The van der Waals surface area contributed by atoms with Gasteiger partial charge in [0.05, 0.1) is 6.42 Å². The smallest absolute Gasteiger partial charge is 0.225 e. The number of nitrogens with zero attached hydrogens (tertiary/aromatic N) is 3. The van der Waals surface area contributed by atoms with E-state index in [2.05, 4.69) is 10.3 Å². The predicted octanol–water partition coefficient (Wildman–Crippen LogP) is 1.76. The van der Waals surface area contributed by atoms with Crippen molar-refractivity contribution in [2.24, 2.45) is 4.99 Å². The standard InChI is InChI=1S/C17H24N4O2/c1-17(11-15(22)18-13-7-8-13)19-16(21(4)23-17)12-5-9-14(10-6-12)20(2)3/h5-6,9-10,13H,7-8,11H2,1-4H3,(H,18,22). The monoisotopic (exact) mass is 316 g/mol. The maximum atomic E-state index is 12.0. The minimum Gasteiger partial charge on any atom is -0.378 e. The molecule has 0 radical (unpaired) electrons. The van der Waals surface area contributed by atoms with E-state index in [4.69, 9.17) is 4.84 Å². The molecule has 2 aliphatic rings. The number of aliphatic imine (C=N–C) groups is 1. The fraction of sp³-hybridized carbons (Fsp3) is 0.529. The van der Waals surface area contributed by atoms with Gasteiger partial charge in [-0.3, -0.25) is 4.79 Å². The summed E-state index contributed by atoms with van der Waals surface area (Å²) in [7, 11) is 5.84. The van der Waals surface area contributed by atoms with Crippen LogP contribution in [0, 0.1) is 0 Å². The molecule has 1 N–H and O–H groups in total. The Balaban J connectivity index is 1.74. The highest BCUT2D eigenvalue weighted by Gasteiger charge is 2.38. The lowest BCUT2D eigenvalue weighted by molar-refractivity contribution is -0.166. The Morgan fingerprint density at radius 1 is 1.39 bits per heavy atom. The van der Waals surface area contributed by atoms with Gasteiger partial charge in [-0.15, -0.1) is 0 Å². The third kappa shape index (κ3) is 3.64. The van der Waals surface area contributed by atoms with Gasteiger partial charge in [0.15, 0.2) is 11.6 Å². The quantitative estimate of drug-likeness (QED) is 0.899. The highest BCUT2D eigenvalue weighted by atomic mass is 16.7. The SMILES string of the molecule is CN1OC(C)(CC(=O)NC2CC2)N=C1c1ccc(N(C)C)cc1. The topological polar surface area (TPSA) is 57.2 Å². The second-order valence-electron chi connectivity index (χ2n) is 6.66. The molecular formula is C17H24N4O2. The van der Waals surface area contributed by atoms with Gasteiger partial charge >= 0.3 is 0 Å². The second-order valence-corrected chi connectivity index (χ2v) is 6.66. The van der Waals surface area contributed by atoms with Crippen molar-refractivity contribution in [3.63, 3.8) is 0 Å². The Kier molecular flexibility index (Phi) is 4.02. The van der Waals surface area contributed by atoms with Crippen molar-refractivity contribution in [3.8, 4) is 0 Å². The molecule has 124 valence electrons. The van der Waals surface area contributed by atoms with Crippen molar-refractivity contribution in [1.29, 1.82) is 0 Å². The van der Waals surface area contributed by atoms with E-state index in [0.29, 0.717) is 6.04 Å². The number of carbonyl (C=O) groups excluding carboxylic acids is 1. The molecule has 0 aromatic heterocycles. The highest BCUT2D eigenvalue weighted by molar-refractivity contribution is 5.99. The second kappa shape index (κ2) is 5.85. The van der Waals surface area contributed by atoms with Crippen molar-refractivity contribution < 1.29 is 9.63 Å². The number of anilines is 1. The van der Waals surface area contributed by atoms with Crippen LogP contribution in [0.2, 0.25) is 0 Å². The first-order valence-corrected chi connectivity index (χ1v) is 7.96. The van der Waals surface area contributed by atoms with Crippen LogP contribution in [0.15, 0.2) is 29.3 Å². The first-order valence-electron chi connectivity index (χ1n) is 7.96. The molecule has 1 aromatic rings. The van der Waals surface area contributed by atoms with Gasteiger partial charge in [-0.05, 0) is 44.0 Å². The summed E-state index contributed by atoms with van der Waals surface area (Å²) in [6.07, 6.45) is 2.39. The number of hydroxylamine groups is 2. The zero-order valence-electron chi connectivity index (χ0n) is 14.2. The lowest BCUT2D eigenvalue weighted by atomic mass is 10.1. The molecule has 1 atom stereocenters. The van der Waals surface area contributed by atoms with Crippen LogP contribution in [-0.2, 0) is 9.63 Å². The fourth-order valence-corrected chi connectivity index (χ4v) is 2.68. The molecule has 0 bridgehead atoms. The lowest BCUT2D eigenvalue weighted by Gasteiger charge is -2.21. The number of amidine groups is 1. The summed E-state index contributed by atoms with van der Waals surface area (Å²) in [5, 5.41) is 4.63. The molecule has 1 aliphatic carbocycles. The Hall–Kier alpha value is -2.08. The summed E-state index contributed by atoms with van der Waals surface area (Å²) in [5.41, 5.74) is 1.26. The predicted molar refractivity (Wildman–Crippen MR) is 90.3 cm³/mol. The Bertz CT molecular complexity index is 622. The molecule has 1 amide bonds. The van der Waals surface area contributed by atoms with Crippen LogP contribution in [0.4, 0.5) is 5.69 Å². The first kappa shape index (κ1) is 15.8. The lowest BCUT2D eigenvalue weighted by Crippen LogP contribution is -2.36. The molecule has 0 spiro atoms. The Morgan fingerprint density at radius 2 is 2.04 bits per heavy atom. The van der Waals surface area contributed by atoms with Gasteiger partial charge in [0, 0.05) is 38.4 Å². The van der Waals surface area contributed by atoms with Crippen LogP contribution >= 0.6 is 0 Å². The summed E-state index contributed by atoms with van der Waals surface area (Å²) in [6.45, 7) is 1.84. The molecule has 23 heavy (non-hydrogen) atoms. The van der Waals surface area contributed by atoms with Gasteiger partial charge in [0.25, 0.3) is 0 Å². The fourth-order valence-electron chi connectivity index (χ4n) is 2.68. The van der Waals surface area contributed by atoms with E-state index in [-0.39, 0.29) is 12.3 Å². The molecule has 3 rings (SSSR count). The molecule has 1 aromatic carbocycles. The molecule has 1 aliphatic heterocycles. The summed E-state index contributed by atoms with van der Waals surface area (Å²) in [6, 6.07) is 8.48. The largest absolute Gasteiger partial charge is 0.378 e. The molecule has 1 saturated carbocycles. The van der Waals surface area contributed by atoms with E-state index >= 15 is 0 Å². The first-order chi connectivity index (χ1) is 10.9. The van der Waals surface area contributed by atoms with E-state index in [0.717, 1.165) is 29.9 Å². The molecule has 1 fully saturated rings. The normalized spacial score (nSPS) is 23.7. The van der Waals surface area contributed by atoms with Crippen molar-refractivity contribution in [2.75, 3.05) is 26.0 Å². The number of hydrogen-bond acceptors (Lipinski definition) is 5. The van der Waals surface area contributed by atoms with Crippen LogP contribution in [0.5, 0.6) is 0 Å². The number of nitrogens with one attached hydrogen (secondary N) is 1. The van der Waals surface area contributed by atoms with Gasteiger partial charge in [-0.1, -0.05) is 0 Å². The number of hydrogen-bond donors (Lipinski definition) is 1. The van der Waals surface area contributed by atoms with Crippen LogP contribution < -0.4 is 10.2 Å². The summed E-state index contributed by atoms with van der Waals surface area (Å²) >= 11 is 0. The van der Waals surface area contributed by atoms with Gasteiger partial charge < -0.3 is 10.2 Å². The van der Waals surface area contributed by atoms with Crippen molar-refractivity contribution >= 4 is 17.4 Å². The summed E-state index contributed by atoms with van der Waals surface area (Å²) in [4.78, 5) is 24.6. The van der Waals surface area contributed by atoms with Crippen LogP contribution in [0.3, 0.4) is 0 Å². The summed E-state index contributed by atoms with van der Waals surface area (Å²) in [5.74, 6) is 0.744. The molecular weight excluding hydrogens is 292 g/mol. The van der Waals surface area contributed by atoms with Crippen LogP contribution in [-0.4, -0.2) is 49.7 Å². The zero-order chi connectivity index (χ0) is 16.6. The van der Waals surface area contributed by atoms with E-state index in [9.17, 15) is 4.79 Å². The number of benzene rings is 1. The van der Waals surface area contributed by atoms with Crippen molar-refractivity contribution in [1.82, 2.24) is 10.4 Å². The van der Waals surface area contributed by atoms with Gasteiger partial charge in [-0.25, -0.2) is 14.9 Å². The average Bonchev–Trinajstić information content (AvgIpc) is 3.23. The molecule has 1 unspecified atom stereocenters. The van der Waals surface area contributed by atoms with Crippen molar-refractivity contribution in [2.45, 2.75) is 38.0 Å². The van der Waals surface area contributed by atoms with Crippen LogP contribution in [0.1, 0.15) is 31.7 Å². The minimum absolute atomic E-state index is 0.00337. The zero-order valence-corrected chi connectivity index (χ0v) is 14.2. The number of carbonyl (C=O) groups is 1. The number of amides is 1. The summed E-state index contributed by atoms with van der Waals surface area (Å²) < 4.78 is 0. The van der Waals surface area contributed by atoms with Gasteiger partial charge in [0.2, 0.25) is 5.91 Å². The van der Waals surface area contributed by atoms with E-state index < -0.39 is 5.72 Å². The third-order valence-corrected chi connectivity index (χ3v) is 4.05.